The van der Waals surface area contributed by atoms with Crippen molar-refractivity contribution >= 4 is 11.4 Å². The Bertz CT molecular complexity index is 528. The summed E-state index contributed by atoms with van der Waals surface area (Å²) < 4.78 is 0. The first-order valence-electron chi connectivity index (χ1n) is 7.30. The molecule has 2 aromatic rings. The van der Waals surface area contributed by atoms with E-state index in [2.05, 4.69) is 38.1 Å². The first-order valence-corrected chi connectivity index (χ1v) is 7.30. The van der Waals surface area contributed by atoms with Gasteiger partial charge in [0, 0.05) is 11.4 Å². The van der Waals surface area contributed by atoms with Crippen LogP contribution in [0.4, 0.5) is 11.4 Å². The van der Waals surface area contributed by atoms with Crippen molar-refractivity contribution in [1.29, 1.82) is 0 Å². The normalized spacial score (nSPS) is 13.9. The van der Waals surface area contributed by atoms with E-state index in [1.54, 1.807) is 0 Å². The van der Waals surface area contributed by atoms with Gasteiger partial charge in [0.25, 0.3) is 0 Å². The van der Waals surface area contributed by atoms with Gasteiger partial charge in [-0.15, -0.1) is 0 Å². The number of benzene rings is 2. The maximum Gasteiger partial charge on any atom is 0.0314 e. The van der Waals surface area contributed by atoms with Crippen molar-refractivity contribution < 1.29 is 0 Å². The molecule has 0 aromatic heterocycles. The summed E-state index contributed by atoms with van der Waals surface area (Å²) in [6, 6.07) is 16.5. The van der Waals surface area contributed by atoms with E-state index in [0.717, 1.165) is 24.2 Å². The highest BCUT2D eigenvalue weighted by atomic mass is 14.5. The molecule has 0 aliphatic rings. The summed E-state index contributed by atoms with van der Waals surface area (Å²) in [5.41, 5.74) is 15.9. The zero-order valence-corrected chi connectivity index (χ0v) is 12.3. The third kappa shape index (κ3) is 3.53. The summed E-state index contributed by atoms with van der Waals surface area (Å²) in [5.74, 6) is 1.15. The van der Waals surface area contributed by atoms with Gasteiger partial charge in [-0.3, -0.25) is 0 Å². The van der Waals surface area contributed by atoms with Gasteiger partial charge in [0.2, 0.25) is 0 Å². The second-order valence-corrected chi connectivity index (χ2v) is 5.57. The van der Waals surface area contributed by atoms with Crippen LogP contribution in [0.25, 0.3) is 0 Å². The van der Waals surface area contributed by atoms with Gasteiger partial charge in [-0.25, -0.2) is 0 Å². The topological polar surface area (TPSA) is 52.0 Å². The fourth-order valence-electron chi connectivity index (χ4n) is 2.70. The quantitative estimate of drug-likeness (QED) is 0.797. The third-order valence-corrected chi connectivity index (χ3v) is 4.17. The molecule has 0 saturated carbocycles. The van der Waals surface area contributed by atoms with Crippen LogP contribution < -0.4 is 11.5 Å². The van der Waals surface area contributed by atoms with E-state index in [0.29, 0.717) is 11.8 Å². The molecule has 0 amide bonds. The first kappa shape index (κ1) is 14.4. The molecule has 2 aromatic carbocycles. The van der Waals surface area contributed by atoms with Crippen LogP contribution in [0.5, 0.6) is 0 Å². The SMILES string of the molecule is CCC(Cc1ccc(N)cc1)C(C)c1ccc(N)cc1. The van der Waals surface area contributed by atoms with Crippen molar-refractivity contribution in [3.05, 3.63) is 59.7 Å². The zero-order chi connectivity index (χ0) is 14.5. The van der Waals surface area contributed by atoms with Crippen LogP contribution in [0.15, 0.2) is 48.5 Å². The van der Waals surface area contributed by atoms with Gasteiger partial charge in [0.1, 0.15) is 0 Å². The Morgan fingerprint density at radius 2 is 1.35 bits per heavy atom. The summed E-state index contributed by atoms with van der Waals surface area (Å²) in [6.07, 6.45) is 2.25. The van der Waals surface area contributed by atoms with Gasteiger partial charge in [-0.2, -0.15) is 0 Å². The molecular weight excluding hydrogens is 244 g/mol. The van der Waals surface area contributed by atoms with E-state index in [1.165, 1.54) is 11.1 Å². The van der Waals surface area contributed by atoms with Crippen molar-refractivity contribution in [3.63, 3.8) is 0 Å². The predicted molar refractivity (Wildman–Crippen MR) is 87.6 cm³/mol. The standard InChI is InChI=1S/C18H24N2/c1-3-15(12-14-4-8-17(19)9-5-14)13(2)16-6-10-18(20)11-7-16/h4-11,13,15H,3,12,19-20H2,1-2H3. The molecule has 0 spiro atoms. The van der Waals surface area contributed by atoms with E-state index in [9.17, 15) is 0 Å². The zero-order valence-electron chi connectivity index (χ0n) is 12.3. The van der Waals surface area contributed by atoms with Gasteiger partial charge in [0.05, 0.1) is 0 Å². The van der Waals surface area contributed by atoms with Crippen molar-refractivity contribution in [3.8, 4) is 0 Å². The molecular formula is C18H24N2. The van der Waals surface area contributed by atoms with Gasteiger partial charge < -0.3 is 11.5 Å². The Labute approximate surface area is 121 Å². The Kier molecular flexibility index (Phi) is 4.67. The summed E-state index contributed by atoms with van der Waals surface area (Å²) in [4.78, 5) is 0. The number of hydrogen-bond acceptors (Lipinski definition) is 2. The van der Waals surface area contributed by atoms with Crippen LogP contribution in [0.3, 0.4) is 0 Å². The van der Waals surface area contributed by atoms with Crippen LogP contribution in [0.2, 0.25) is 0 Å². The van der Waals surface area contributed by atoms with Crippen LogP contribution in [0, 0.1) is 5.92 Å². The fourth-order valence-corrected chi connectivity index (χ4v) is 2.70. The van der Waals surface area contributed by atoms with E-state index in [-0.39, 0.29) is 0 Å². The van der Waals surface area contributed by atoms with Crippen LogP contribution in [-0.2, 0) is 6.42 Å². The van der Waals surface area contributed by atoms with Crippen molar-refractivity contribution in [2.24, 2.45) is 5.92 Å². The molecule has 20 heavy (non-hydrogen) atoms. The third-order valence-electron chi connectivity index (χ3n) is 4.17. The molecule has 2 heteroatoms. The van der Waals surface area contributed by atoms with E-state index < -0.39 is 0 Å². The van der Waals surface area contributed by atoms with Gasteiger partial charge >= 0.3 is 0 Å². The lowest BCUT2D eigenvalue weighted by Gasteiger charge is -2.23. The van der Waals surface area contributed by atoms with E-state index >= 15 is 0 Å². The molecule has 2 atom stereocenters. The molecule has 0 heterocycles. The minimum Gasteiger partial charge on any atom is -0.399 e. The molecule has 0 fully saturated rings. The Morgan fingerprint density at radius 1 is 0.850 bits per heavy atom. The molecule has 2 rings (SSSR count). The smallest absolute Gasteiger partial charge is 0.0314 e. The number of anilines is 2. The minimum atomic E-state index is 0.526. The molecule has 0 aliphatic carbocycles. The minimum absolute atomic E-state index is 0.526. The second-order valence-electron chi connectivity index (χ2n) is 5.57. The second kappa shape index (κ2) is 6.47. The lowest BCUT2D eigenvalue weighted by Crippen LogP contribution is -2.12. The lowest BCUT2D eigenvalue weighted by molar-refractivity contribution is 0.429. The maximum absolute atomic E-state index is 5.76. The molecule has 2 unspecified atom stereocenters. The highest BCUT2D eigenvalue weighted by Crippen LogP contribution is 2.30. The van der Waals surface area contributed by atoms with Crippen LogP contribution in [-0.4, -0.2) is 0 Å². The Morgan fingerprint density at radius 3 is 1.85 bits per heavy atom. The number of nitrogens with two attached hydrogens (primary N) is 2. The lowest BCUT2D eigenvalue weighted by atomic mass is 9.82. The van der Waals surface area contributed by atoms with Crippen LogP contribution in [0.1, 0.15) is 37.3 Å². The predicted octanol–water partition coefficient (Wildman–Crippen LogP) is 4.22. The number of nitrogen functional groups attached to an aromatic ring is 2. The Balaban J connectivity index is 2.11. The average Bonchev–Trinajstić information content (AvgIpc) is 2.47. The van der Waals surface area contributed by atoms with Crippen molar-refractivity contribution in [2.45, 2.75) is 32.6 Å². The Hall–Kier alpha value is -1.96. The molecule has 0 saturated heterocycles. The number of hydrogen-bond donors (Lipinski definition) is 2. The van der Waals surface area contributed by atoms with Gasteiger partial charge in [-0.1, -0.05) is 44.5 Å². The highest BCUT2D eigenvalue weighted by molar-refractivity contribution is 5.41. The average molecular weight is 268 g/mol. The molecule has 0 bridgehead atoms. The highest BCUT2D eigenvalue weighted by Gasteiger charge is 2.17. The molecule has 0 radical (unpaired) electrons. The van der Waals surface area contributed by atoms with Gasteiger partial charge in [-0.05, 0) is 53.6 Å². The molecule has 2 nitrogen and oxygen atoms in total. The fraction of sp³-hybridized carbons (Fsp3) is 0.333. The van der Waals surface area contributed by atoms with Crippen LogP contribution >= 0.6 is 0 Å². The first-order chi connectivity index (χ1) is 9.60. The van der Waals surface area contributed by atoms with Gasteiger partial charge in [0.15, 0.2) is 0 Å². The number of rotatable bonds is 5. The van der Waals surface area contributed by atoms with E-state index in [1.807, 2.05) is 24.3 Å². The maximum atomic E-state index is 5.76. The molecule has 4 N–H and O–H groups in total. The molecule has 106 valence electrons. The summed E-state index contributed by atoms with van der Waals surface area (Å²) in [5, 5.41) is 0. The molecule has 0 aliphatic heterocycles. The van der Waals surface area contributed by atoms with Crippen molar-refractivity contribution in [2.75, 3.05) is 11.5 Å². The summed E-state index contributed by atoms with van der Waals surface area (Å²) in [7, 11) is 0. The summed E-state index contributed by atoms with van der Waals surface area (Å²) >= 11 is 0. The largest absolute Gasteiger partial charge is 0.399 e. The van der Waals surface area contributed by atoms with E-state index in [4.69, 9.17) is 11.5 Å². The summed E-state index contributed by atoms with van der Waals surface area (Å²) in [6.45, 7) is 4.56. The van der Waals surface area contributed by atoms with Crippen molar-refractivity contribution in [1.82, 2.24) is 0 Å². The monoisotopic (exact) mass is 268 g/mol.